The van der Waals surface area contributed by atoms with Gasteiger partial charge in [0.25, 0.3) is 0 Å². The smallest absolute Gasteiger partial charge is 0.248 e. The molecule has 4 rings (SSSR count). The first-order chi connectivity index (χ1) is 12.2. The summed E-state index contributed by atoms with van der Waals surface area (Å²) in [6.07, 6.45) is 3.05. The van der Waals surface area contributed by atoms with Crippen molar-refractivity contribution in [3.05, 3.63) is 58.1 Å². The number of nitrogens with zero attached hydrogens (tertiary/aromatic N) is 3. The summed E-state index contributed by atoms with van der Waals surface area (Å²) in [4.78, 5) is 2.20. The molecule has 1 aliphatic heterocycles. The Kier molecular flexibility index (Phi) is 4.59. The number of thiophene rings is 1. The minimum absolute atomic E-state index is 0.00162. The third kappa shape index (κ3) is 3.48. The summed E-state index contributed by atoms with van der Waals surface area (Å²) < 4.78 is 32.5. The van der Waals surface area contributed by atoms with Gasteiger partial charge in [-0.3, -0.25) is 4.90 Å². The fourth-order valence-corrected chi connectivity index (χ4v) is 3.83. The Balaban J connectivity index is 1.55. The van der Waals surface area contributed by atoms with Crippen molar-refractivity contribution in [1.29, 1.82) is 0 Å². The van der Waals surface area contributed by atoms with Crippen LogP contribution in [-0.4, -0.2) is 21.6 Å². The lowest BCUT2D eigenvalue weighted by molar-refractivity contribution is 0.118. The molecule has 4 nitrogen and oxygen atoms in total. The lowest BCUT2D eigenvalue weighted by Crippen LogP contribution is -2.33. The number of rotatable bonds is 4. The van der Waals surface area contributed by atoms with E-state index in [9.17, 15) is 8.78 Å². The molecular formula is C18H17F2N3OS. The van der Waals surface area contributed by atoms with Crippen molar-refractivity contribution < 1.29 is 13.2 Å². The molecule has 2 aromatic heterocycles. The van der Waals surface area contributed by atoms with Gasteiger partial charge in [-0.25, -0.2) is 8.78 Å². The van der Waals surface area contributed by atoms with Crippen molar-refractivity contribution in [3.8, 4) is 11.5 Å². The molecule has 0 saturated carbocycles. The normalized spacial score (nSPS) is 18.6. The van der Waals surface area contributed by atoms with E-state index in [1.807, 2.05) is 16.8 Å². The fourth-order valence-electron chi connectivity index (χ4n) is 3.20. The van der Waals surface area contributed by atoms with Gasteiger partial charge in [-0.1, -0.05) is 12.5 Å². The molecule has 3 heterocycles. The summed E-state index contributed by atoms with van der Waals surface area (Å²) in [6, 6.07) is 5.99. The average Bonchev–Trinajstić information content (AvgIpc) is 3.30. The largest absolute Gasteiger partial charge is 0.419 e. The molecule has 0 radical (unpaired) electrons. The van der Waals surface area contributed by atoms with Gasteiger partial charge in [0.05, 0.1) is 6.04 Å². The average molecular weight is 361 g/mol. The maximum atomic E-state index is 13.5. The van der Waals surface area contributed by atoms with Crippen molar-refractivity contribution in [3.63, 3.8) is 0 Å². The molecule has 7 heteroatoms. The van der Waals surface area contributed by atoms with Crippen LogP contribution in [0, 0.1) is 11.6 Å². The molecule has 0 spiro atoms. The van der Waals surface area contributed by atoms with Gasteiger partial charge < -0.3 is 4.42 Å². The van der Waals surface area contributed by atoms with Crippen LogP contribution >= 0.6 is 11.3 Å². The maximum absolute atomic E-state index is 13.5. The zero-order chi connectivity index (χ0) is 17.2. The minimum Gasteiger partial charge on any atom is -0.419 e. The second-order valence-corrected chi connectivity index (χ2v) is 6.97. The van der Waals surface area contributed by atoms with Crippen molar-refractivity contribution in [1.82, 2.24) is 15.1 Å². The van der Waals surface area contributed by atoms with Crippen LogP contribution in [0.1, 0.15) is 36.8 Å². The molecule has 3 aromatic rings. The molecule has 1 atom stereocenters. The fraction of sp³-hybridized carbons (Fsp3) is 0.333. The Hall–Kier alpha value is -2.12. The number of hydrogen-bond donors (Lipinski definition) is 0. The quantitative estimate of drug-likeness (QED) is 0.669. The number of halogens is 2. The summed E-state index contributed by atoms with van der Waals surface area (Å²) in [6.45, 7) is 1.39. The van der Waals surface area contributed by atoms with E-state index in [1.165, 1.54) is 12.1 Å². The van der Waals surface area contributed by atoms with E-state index in [1.54, 1.807) is 17.4 Å². The molecule has 0 aliphatic carbocycles. The number of benzene rings is 1. The molecule has 1 aliphatic rings. The van der Waals surface area contributed by atoms with Crippen molar-refractivity contribution in [2.45, 2.75) is 31.8 Å². The second-order valence-electron chi connectivity index (χ2n) is 6.19. The van der Waals surface area contributed by atoms with E-state index in [-0.39, 0.29) is 6.04 Å². The summed E-state index contributed by atoms with van der Waals surface area (Å²) in [7, 11) is 0. The third-order valence-electron chi connectivity index (χ3n) is 4.48. The molecule has 25 heavy (non-hydrogen) atoms. The van der Waals surface area contributed by atoms with Crippen LogP contribution in [0.4, 0.5) is 8.78 Å². The number of piperidine rings is 1. The van der Waals surface area contributed by atoms with Gasteiger partial charge in [0.1, 0.15) is 0 Å². The van der Waals surface area contributed by atoms with E-state index in [0.29, 0.717) is 18.3 Å². The van der Waals surface area contributed by atoms with Crippen LogP contribution in [0.5, 0.6) is 0 Å². The SMILES string of the molecule is Fc1ccc(CN2CCCC[C@H]2c2nnc(-c3ccsc3)o2)cc1F. The molecule has 0 N–H and O–H groups in total. The Bertz CT molecular complexity index is 850. The van der Waals surface area contributed by atoms with Gasteiger partial charge in [0.15, 0.2) is 11.6 Å². The molecule has 0 amide bonds. The van der Waals surface area contributed by atoms with Crippen LogP contribution in [0.25, 0.3) is 11.5 Å². The zero-order valence-electron chi connectivity index (χ0n) is 13.5. The molecule has 0 bridgehead atoms. The second kappa shape index (κ2) is 7.01. The first-order valence-corrected chi connectivity index (χ1v) is 9.19. The topological polar surface area (TPSA) is 42.2 Å². The van der Waals surface area contributed by atoms with E-state index < -0.39 is 11.6 Å². The molecule has 1 aromatic carbocycles. The summed E-state index contributed by atoms with van der Waals surface area (Å²) in [5.41, 5.74) is 1.66. The first kappa shape index (κ1) is 16.4. The molecule has 1 fully saturated rings. The van der Waals surface area contributed by atoms with Gasteiger partial charge in [0, 0.05) is 17.5 Å². The molecule has 130 valence electrons. The summed E-state index contributed by atoms with van der Waals surface area (Å²) >= 11 is 1.58. The van der Waals surface area contributed by atoms with Gasteiger partial charge in [-0.05, 0) is 48.5 Å². The van der Waals surface area contributed by atoms with E-state index in [4.69, 9.17) is 4.42 Å². The predicted octanol–water partition coefficient (Wildman–Crippen LogP) is 4.80. The number of hydrogen-bond acceptors (Lipinski definition) is 5. The van der Waals surface area contributed by atoms with Crippen molar-refractivity contribution in [2.75, 3.05) is 6.54 Å². The predicted molar refractivity (Wildman–Crippen MR) is 91.0 cm³/mol. The molecule has 0 unspecified atom stereocenters. The Labute approximate surface area is 148 Å². The van der Waals surface area contributed by atoms with Crippen LogP contribution in [0.3, 0.4) is 0 Å². The van der Waals surface area contributed by atoms with Gasteiger partial charge >= 0.3 is 0 Å². The van der Waals surface area contributed by atoms with Crippen LogP contribution in [-0.2, 0) is 6.54 Å². The third-order valence-corrected chi connectivity index (χ3v) is 5.16. The standard InChI is InChI=1S/C18H17F2N3OS/c19-14-5-4-12(9-15(14)20)10-23-7-2-1-3-16(23)18-22-21-17(24-18)13-6-8-25-11-13/h4-6,8-9,11,16H,1-3,7,10H2/t16-/m0/s1. The van der Waals surface area contributed by atoms with Crippen LogP contribution in [0.15, 0.2) is 39.4 Å². The Morgan fingerprint density at radius 1 is 1.16 bits per heavy atom. The lowest BCUT2D eigenvalue weighted by atomic mass is 10.0. The molecule has 1 saturated heterocycles. The maximum Gasteiger partial charge on any atom is 0.248 e. The highest BCUT2D eigenvalue weighted by Gasteiger charge is 2.29. The Morgan fingerprint density at radius 2 is 2.08 bits per heavy atom. The Morgan fingerprint density at radius 3 is 2.88 bits per heavy atom. The van der Waals surface area contributed by atoms with Crippen LogP contribution < -0.4 is 0 Å². The van der Waals surface area contributed by atoms with Crippen LogP contribution in [0.2, 0.25) is 0 Å². The van der Waals surface area contributed by atoms with Crippen molar-refractivity contribution >= 4 is 11.3 Å². The highest BCUT2D eigenvalue weighted by atomic mass is 32.1. The van der Waals surface area contributed by atoms with Gasteiger partial charge in [0.2, 0.25) is 11.8 Å². The van der Waals surface area contributed by atoms with Gasteiger partial charge in [-0.2, -0.15) is 11.3 Å². The monoisotopic (exact) mass is 361 g/mol. The summed E-state index contributed by atoms with van der Waals surface area (Å²) in [5, 5.41) is 12.3. The van der Waals surface area contributed by atoms with Crippen molar-refractivity contribution in [2.24, 2.45) is 0 Å². The van der Waals surface area contributed by atoms with E-state index in [2.05, 4.69) is 15.1 Å². The molecular weight excluding hydrogens is 344 g/mol. The zero-order valence-corrected chi connectivity index (χ0v) is 14.3. The van der Waals surface area contributed by atoms with E-state index in [0.717, 1.165) is 36.9 Å². The number of aromatic nitrogens is 2. The minimum atomic E-state index is -0.823. The highest BCUT2D eigenvalue weighted by Crippen LogP contribution is 2.33. The lowest BCUT2D eigenvalue weighted by Gasteiger charge is -2.33. The number of likely N-dealkylation sites (tertiary alicyclic amines) is 1. The summed E-state index contributed by atoms with van der Waals surface area (Å²) in [5.74, 6) is -0.530. The van der Waals surface area contributed by atoms with Gasteiger partial charge in [-0.15, -0.1) is 10.2 Å². The highest BCUT2D eigenvalue weighted by molar-refractivity contribution is 7.08. The van der Waals surface area contributed by atoms with E-state index >= 15 is 0 Å². The first-order valence-electron chi connectivity index (χ1n) is 8.24.